The van der Waals surface area contributed by atoms with Crippen LogP contribution in [-0.4, -0.2) is 47.9 Å². The highest BCUT2D eigenvalue weighted by Crippen LogP contribution is 2.23. The molecule has 0 saturated carbocycles. The first-order valence-corrected chi connectivity index (χ1v) is 10.1. The van der Waals surface area contributed by atoms with Crippen LogP contribution in [0.2, 0.25) is 0 Å². The molecule has 1 aliphatic rings. The largest absolute Gasteiger partial charge is 0.369 e. The molecule has 2 heterocycles. The van der Waals surface area contributed by atoms with Crippen LogP contribution in [0.3, 0.4) is 0 Å². The minimum absolute atomic E-state index is 0.234. The van der Waals surface area contributed by atoms with Crippen LogP contribution in [0.4, 0.5) is 5.69 Å². The molecule has 0 bridgehead atoms. The molecule has 3 aromatic rings. The predicted molar refractivity (Wildman–Crippen MR) is 115 cm³/mol. The highest BCUT2D eigenvalue weighted by atomic mass is 15.3. The fraction of sp³-hybridized carbons (Fsp3) is 0.348. The van der Waals surface area contributed by atoms with Crippen LogP contribution in [0, 0.1) is 0 Å². The molecule has 0 radical (unpaired) electrons. The summed E-state index contributed by atoms with van der Waals surface area (Å²) in [7, 11) is 2.20. The molecule has 1 fully saturated rings. The molecule has 1 N–H and O–H groups in total. The topological polar surface area (TPSA) is 36.3 Å². The van der Waals surface area contributed by atoms with Gasteiger partial charge in [-0.25, -0.2) is 4.68 Å². The number of hydrogen-bond donors (Lipinski definition) is 1. The Morgan fingerprint density at radius 3 is 2.46 bits per heavy atom. The number of aromatic nitrogens is 2. The van der Waals surface area contributed by atoms with E-state index in [0.717, 1.165) is 38.4 Å². The molecule has 2 aromatic carbocycles. The Hall–Kier alpha value is -2.63. The Morgan fingerprint density at radius 1 is 0.964 bits per heavy atom. The molecule has 0 spiro atoms. The number of anilines is 1. The minimum atomic E-state index is 0.234. The SMILES string of the molecule is CC(NCc1ccccc1N1CCN(C)CC1)c1cnn(-c2ccccc2)c1. The summed E-state index contributed by atoms with van der Waals surface area (Å²) >= 11 is 0. The standard InChI is InChI=1S/C23H29N5/c1-19(21-17-25-28(18-21)22-9-4-3-5-10-22)24-16-20-8-6-7-11-23(20)27-14-12-26(2)13-15-27/h3-11,17-19,24H,12-16H2,1-2H3. The van der Waals surface area contributed by atoms with Crippen molar-refractivity contribution in [2.45, 2.75) is 19.5 Å². The summed E-state index contributed by atoms with van der Waals surface area (Å²) in [5.74, 6) is 0. The average molecular weight is 376 g/mol. The van der Waals surface area contributed by atoms with Gasteiger partial charge in [0.2, 0.25) is 0 Å². The van der Waals surface area contributed by atoms with Gasteiger partial charge < -0.3 is 15.1 Å². The quantitative estimate of drug-likeness (QED) is 0.716. The van der Waals surface area contributed by atoms with E-state index in [9.17, 15) is 0 Å². The number of piperazine rings is 1. The highest BCUT2D eigenvalue weighted by molar-refractivity contribution is 5.54. The van der Waals surface area contributed by atoms with Gasteiger partial charge in [-0.05, 0) is 37.7 Å². The molecule has 1 unspecified atom stereocenters. The molecule has 4 rings (SSSR count). The first-order chi connectivity index (χ1) is 13.7. The summed E-state index contributed by atoms with van der Waals surface area (Å²) in [6, 6.07) is 19.2. The summed E-state index contributed by atoms with van der Waals surface area (Å²) in [5, 5.41) is 8.20. The van der Waals surface area contributed by atoms with E-state index in [1.807, 2.05) is 29.1 Å². The first kappa shape index (κ1) is 18.7. The minimum Gasteiger partial charge on any atom is -0.369 e. The van der Waals surface area contributed by atoms with Gasteiger partial charge in [-0.3, -0.25) is 0 Å². The third-order valence-electron chi connectivity index (χ3n) is 5.56. The molecular formula is C23H29N5. The number of para-hydroxylation sites is 2. The third kappa shape index (κ3) is 4.26. The normalized spacial score (nSPS) is 16.3. The molecule has 1 aliphatic heterocycles. The Kier molecular flexibility index (Phi) is 5.74. The number of nitrogens with one attached hydrogen (secondary N) is 1. The van der Waals surface area contributed by atoms with Crippen molar-refractivity contribution in [2.24, 2.45) is 0 Å². The van der Waals surface area contributed by atoms with Gasteiger partial charge in [0.25, 0.3) is 0 Å². The molecule has 5 nitrogen and oxygen atoms in total. The van der Waals surface area contributed by atoms with Crippen molar-refractivity contribution in [1.29, 1.82) is 0 Å². The summed E-state index contributed by atoms with van der Waals surface area (Å²) in [5.41, 5.74) is 4.99. The lowest BCUT2D eigenvalue weighted by atomic mass is 10.1. The lowest BCUT2D eigenvalue weighted by Crippen LogP contribution is -2.44. The van der Waals surface area contributed by atoms with E-state index >= 15 is 0 Å². The fourth-order valence-electron chi connectivity index (χ4n) is 3.68. The van der Waals surface area contributed by atoms with Crippen molar-refractivity contribution in [1.82, 2.24) is 20.0 Å². The molecule has 146 valence electrons. The van der Waals surface area contributed by atoms with Crippen LogP contribution in [0.15, 0.2) is 67.0 Å². The van der Waals surface area contributed by atoms with E-state index in [1.54, 1.807) is 0 Å². The van der Waals surface area contributed by atoms with Gasteiger partial charge in [0, 0.05) is 56.2 Å². The summed E-state index contributed by atoms with van der Waals surface area (Å²) < 4.78 is 1.94. The second kappa shape index (κ2) is 8.59. The Labute approximate surface area is 167 Å². The zero-order chi connectivity index (χ0) is 19.3. The lowest BCUT2D eigenvalue weighted by Gasteiger charge is -2.35. The highest BCUT2D eigenvalue weighted by Gasteiger charge is 2.17. The molecule has 28 heavy (non-hydrogen) atoms. The van der Waals surface area contributed by atoms with Gasteiger partial charge in [0.1, 0.15) is 0 Å². The van der Waals surface area contributed by atoms with Crippen LogP contribution < -0.4 is 10.2 Å². The van der Waals surface area contributed by atoms with Gasteiger partial charge in [-0.2, -0.15) is 5.10 Å². The van der Waals surface area contributed by atoms with E-state index < -0.39 is 0 Å². The number of hydrogen-bond acceptors (Lipinski definition) is 4. The van der Waals surface area contributed by atoms with Crippen LogP contribution in [0.1, 0.15) is 24.1 Å². The maximum atomic E-state index is 4.52. The van der Waals surface area contributed by atoms with Crippen molar-refractivity contribution in [3.05, 3.63) is 78.1 Å². The van der Waals surface area contributed by atoms with Gasteiger partial charge in [0.05, 0.1) is 11.9 Å². The third-order valence-corrected chi connectivity index (χ3v) is 5.56. The maximum Gasteiger partial charge on any atom is 0.0645 e. The lowest BCUT2D eigenvalue weighted by molar-refractivity contribution is 0.312. The Balaban J connectivity index is 1.42. The van der Waals surface area contributed by atoms with Gasteiger partial charge in [-0.15, -0.1) is 0 Å². The number of nitrogens with zero attached hydrogens (tertiary/aromatic N) is 4. The van der Waals surface area contributed by atoms with Crippen molar-refractivity contribution in [3.8, 4) is 5.69 Å². The maximum absolute atomic E-state index is 4.52. The van der Waals surface area contributed by atoms with E-state index in [1.165, 1.54) is 16.8 Å². The van der Waals surface area contributed by atoms with E-state index in [4.69, 9.17) is 0 Å². The van der Waals surface area contributed by atoms with E-state index in [-0.39, 0.29) is 6.04 Å². The van der Waals surface area contributed by atoms with Gasteiger partial charge >= 0.3 is 0 Å². The molecule has 5 heteroatoms. The Morgan fingerprint density at radius 2 is 1.68 bits per heavy atom. The summed E-state index contributed by atoms with van der Waals surface area (Å²) in [4.78, 5) is 4.90. The Bertz CT molecular complexity index is 881. The smallest absolute Gasteiger partial charge is 0.0645 e. The van der Waals surface area contributed by atoms with Crippen LogP contribution in [0.25, 0.3) is 5.69 Å². The summed E-state index contributed by atoms with van der Waals surface area (Å²) in [6.45, 7) is 7.47. The molecule has 1 atom stereocenters. The van der Waals surface area contributed by atoms with Crippen molar-refractivity contribution < 1.29 is 0 Å². The molecule has 0 aliphatic carbocycles. The average Bonchev–Trinajstić information content (AvgIpc) is 3.24. The van der Waals surface area contributed by atoms with E-state index in [0.29, 0.717) is 0 Å². The van der Waals surface area contributed by atoms with Crippen LogP contribution in [-0.2, 0) is 6.54 Å². The number of benzene rings is 2. The molecule has 1 saturated heterocycles. The molecule has 1 aromatic heterocycles. The van der Waals surface area contributed by atoms with Gasteiger partial charge in [-0.1, -0.05) is 36.4 Å². The second-order valence-electron chi connectivity index (χ2n) is 7.58. The second-order valence-corrected chi connectivity index (χ2v) is 7.58. The fourth-order valence-corrected chi connectivity index (χ4v) is 3.68. The van der Waals surface area contributed by atoms with Crippen molar-refractivity contribution >= 4 is 5.69 Å². The van der Waals surface area contributed by atoms with Crippen LogP contribution >= 0.6 is 0 Å². The number of likely N-dealkylation sites (N-methyl/N-ethyl adjacent to an activating group) is 1. The van der Waals surface area contributed by atoms with Crippen LogP contribution in [0.5, 0.6) is 0 Å². The zero-order valence-electron chi connectivity index (χ0n) is 16.8. The van der Waals surface area contributed by atoms with Crippen molar-refractivity contribution in [3.63, 3.8) is 0 Å². The first-order valence-electron chi connectivity index (χ1n) is 10.1. The van der Waals surface area contributed by atoms with Crippen molar-refractivity contribution in [2.75, 3.05) is 38.1 Å². The molecule has 0 amide bonds. The number of rotatable bonds is 6. The predicted octanol–water partition coefficient (Wildman–Crippen LogP) is 3.47. The van der Waals surface area contributed by atoms with Gasteiger partial charge in [0.15, 0.2) is 0 Å². The van der Waals surface area contributed by atoms with E-state index in [2.05, 4.69) is 76.8 Å². The monoisotopic (exact) mass is 375 g/mol. The summed E-state index contributed by atoms with van der Waals surface area (Å²) in [6.07, 6.45) is 4.07. The zero-order valence-corrected chi connectivity index (χ0v) is 16.8. The molecular weight excluding hydrogens is 346 g/mol.